The Kier molecular flexibility index (Phi) is 4.56. The summed E-state index contributed by atoms with van der Waals surface area (Å²) in [5.74, 6) is -0.370. The predicted molar refractivity (Wildman–Crippen MR) is 83.6 cm³/mol. The second kappa shape index (κ2) is 6.05. The second-order valence-corrected chi connectivity index (χ2v) is 7.32. The molecule has 2 aromatic carbocycles. The molecule has 0 heterocycles. The summed E-state index contributed by atoms with van der Waals surface area (Å²) in [7, 11) is 1.48. The van der Waals surface area contributed by atoms with Gasteiger partial charge in [-0.3, -0.25) is 4.79 Å². The van der Waals surface area contributed by atoms with Gasteiger partial charge in [-0.05, 0) is 42.8 Å². The lowest BCUT2D eigenvalue weighted by atomic mass is 10.1. The predicted octanol–water partition coefficient (Wildman–Crippen LogP) is 3.83. The van der Waals surface area contributed by atoms with Crippen LogP contribution >= 0.6 is 22.3 Å². The minimum Gasteiger partial charge on any atom is -0.322 e. The van der Waals surface area contributed by atoms with Crippen LogP contribution in [0.1, 0.15) is 15.9 Å². The number of benzene rings is 2. The molecule has 0 aliphatic carbocycles. The molecule has 21 heavy (non-hydrogen) atoms. The van der Waals surface area contributed by atoms with Crippen molar-refractivity contribution in [3.63, 3.8) is 0 Å². The summed E-state index contributed by atoms with van der Waals surface area (Å²) in [6.07, 6.45) is 0. The van der Waals surface area contributed by atoms with Crippen LogP contribution in [-0.4, -0.2) is 14.3 Å². The molecule has 1 N–H and O–H groups in total. The number of carbonyl (C=O) groups is 1. The van der Waals surface area contributed by atoms with Gasteiger partial charge in [0.1, 0.15) is 0 Å². The maximum absolute atomic E-state index is 12.1. The average molecular weight is 344 g/mol. The van der Waals surface area contributed by atoms with Crippen LogP contribution < -0.4 is 5.32 Å². The van der Waals surface area contributed by atoms with E-state index in [1.165, 1.54) is 18.2 Å². The van der Waals surface area contributed by atoms with E-state index < -0.39 is 9.05 Å². The van der Waals surface area contributed by atoms with Crippen LogP contribution in [0.3, 0.4) is 0 Å². The lowest BCUT2D eigenvalue weighted by Crippen LogP contribution is -2.13. The molecule has 7 heteroatoms. The molecule has 0 saturated carbocycles. The normalized spacial score (nSPS) is 11.2. The first-order chi connectivity index (χ1) is 9.79. The molecule has 0 bridgehead atoms. The Hall–Kier alpha value is -1.56. The zero-order valence-corrected chi connectivity index (χ0v) is 13.3. The van der Waals surface area contributed by atoms with E-state index in [4.69, 9.17) is 22.3 Å². The van der Waals surface area contributed by atoms with Gasteiger partial charge in [0.15, 0.2) is 0 Å². The number of nitrogens with one attached hydrogen (secondary N) is 1. The number of amides is 1. The molecule has 0 atom stereocenters. The summed E-state index contributed by atoms with van der Waals surface area (Å²) in [5, 5.41) is 3.03. The van der Waals surface area contributed by atoms with Gasteiger partial charge < -0.3 is 5.32 Å². The van der Waals surface area contributed by atoms with Gasteiger partial charge in [0.25, 0.3) is 15.0 Å². The molecule has 0 saturated heterocycles. The van der Waals surface area contributed by atoms with Crippen LogP contribution in [-0.2, 0) is 9.05 Å². The number of anilines is 1. The molecule has 0 aliphatic rings. The largest absolute Gasteiger partial charge is 0.322 e. The highest BCUT2D eigenvalue weighted by atomic mass is 35.7. The first kappa shape index (κ1) is 15.8. The molecule has 0 aliphatic heterocycles. The summed E-state index contributed by atoms with van der Waals surface area (Å²) in [5.41, 5.74) is 1.41. The van der Waals surface area contributed by atoms with Crippen molar-refractivity contribution in [2.75, 3.05) is 5.32 Å². The highest BCUT2D eigenvalue weighted by Crippen LogP contribution is 2.23. The van der Waals surface area contributed by atoms with Crippen LogP contribution in [0.15, 0.2) is 47.4 Å². The maximum Gasteiger partial charge on any atom is 0.261 e. The first-order valence-corrected chi connectivity index (χ1v) is 8.59. The molecule has 110 valence electrons. The Morgan fingerprint density at radius 2 is 1.81 bits per heavy atom. The van der Waals surface area contributed by atoms with Crippen molar-refractivity contribution in [3.05, 3.63) is 58.6 Å². The van der Waals surface area contributed by atoms with Gasteiger partial charge in [-0.15, -0.1) is 0 Å². The lowest BCUT2D eigenvalue weighted by Gasteiger charge is -2.10. The van der Waals surface area contributed by atoms with Crippen molar-refractivity contribution in [1.82, 2.24) is 0 Å². The Balaban J connectivity index is 2.29. The summed E-state index contributed by atoms with van der Waals surface area (Å²) in [4.78, 5) is 12.1. The van der Waals surface area contributed by atoms with Gasteiger partial charge in [0, 0.05) is 16.4 Å². The Labute approximate surface area is 132 Å². The molecular weight excluding hydrogens is 333 g/mol. The van der Waals surface area contributed by atoms with Gasteiger partial charge in [-0.2, -0.15) is 0 Å². The van der Waals surface area contributed by atoms with Crippen LogP contribution in [0.5, 0.6) is 0 Å². The Bertz CT molecular complexity index is 804. The topological polar surface area (TPSA) is 63.2 Å². The molecule has 2 rings (SSSR count). The smallest absolute Gasteiger partial charge is 0.261 e. The van der Waals surface area contributed by atoms with Crippen LogP contribution in [0.25, 0.3) is 0 Å². The molecule has 0 aromatic heterocycles. The number of aryl methyl sites for hydroxylation is 1. The molecule has 4 nitrogen and oxygen atoms in total. The zero-order valence-electron chi connectivity index (χ0n) is 10.9. The fraction of sp³-hybridized carbons (Fsp3) is 0.0714. The van der Waals surface area contributed by atoms with Crippen LogP contribution in [0.2, 0.25) is 5.02 Å². The van der Waals surface area contributed by atoms with Crippen LogP contribution in [0, 0.1) is 6.92 Å². The third kappa shape index (κ3) is 3.75. The summed E-state index contributed by atoms with van der Waals surface area (Å²) in [6, 6.07) is 10.9. The lowest BCUT2D eigenvalue weighted by molar-refractivity contribution is 0.102. The fourth-order valence-electron chi connectivity index (χ4n) is 1.76. The molecule has 0 spiro atoms. The Morgan fingerprint density at radius 1 is 1.14 bits per heavy atom. The van der Waals surface area contributed by atoms with E-state index in [0.29, 0.717) is 21.8 Å². The van der Waals surface area contributed by atoms with E-state index in [2.05, 4.69) is 5.32 Å². The molecule has 0 radical (unpaired) electrons. The van der Waals surface area contributed by atoms with E-state index in [1.807, 2.05) is 0 Å². The van der Waals surface area contributed by atoms with E-state index >= 15 is 0 Å². The molecule has 0 fully saturated rings. The average Bonchev–Trinajstić information content (AvgIpc) is 2.40. The molecule has 2 aromatic rings. The maximum atomic E-state index is 12.1. The number of carbonyl (C=O) groups excluding carboxylic acids is 1. The van der Waals surface area contributed by atoms with Gasteiger partial charge in [-0.1, -0.05) is 23.7 Å². The minimum atomic E-state index is -3.79. The van der Waals surface area contributed by atoms with Crippen molar-refractivity contribution >= 4 is 42.9 Å². The van der Waals surface area contributed by atoms with Crippen molar-refractivity contribution in [2.45, 2.75) is 11.8 Å². The van der Waals surface area contributed by atoms with E-state index in [1.54, 1.807) is 31.2 Å². The quantitative estimate of drug-likeness (QED) is 0.861. The van der Waals surface area contributed by atoms with Gasteiger partial charge in [-0.25, -0.2) is 8.42 Å². The monoisotopic (exact) mass is 343 g/mol. The van der Waals surface area contributed by atoms with E-state index in [0.717, 1.165) is 0 Å². The van der Waals surface area contributed by atoms with Gasteiger partial charge in [0.05, 0.1) is 15.5 Å². The van der Waals surface area contributed by atoms with Gasteiger partial charge >= 0.3 is 0 Å². The summed E-state index contributed by atoms with van der Waals surface area (Å²) < 4.78 is 22.5. The number of hydrogen-bond acceptors (Lipinski definition) is 3. The SMILES string of the molecule is Cc1cc(S(=O)(=O)Cl)ccc1NC(=O)c1ccccc1Cl. The van der Waals surface area contributed by atoms with E-state index in [9.17, 15) is 13.2 Å². The molecule has 1 amide bonds. The van der Waals surface area contributed by atoms with Crippen molar-refractivity contribution in [2.24, 2.45) is 0 Å². The fourth-order valence-corrected chi connectivity index (χ4v) is 2.82. The third-order valence-corrected chi connectivity index (χ3v) is 4.53. The standard InChI is InChI=1S/C14H11Cl2NO3S/c1-9-8-10(21(16,19)20)6-7-13(9)17-14(18)11-4-2-3-5-12(11)15/h2-8H,1H3,(H,17,18). The van der Waals surface area contributed by atoms with Gasteiger partial charge in [0.2, 0.25) is 0 Å². The van der Waals surface area contributed by atoms with Crippen LogP contribution in [0.4, 0.5) is 5.69 Å². The third-order valence-electron chi connectivity index (χ3n) is 2.85. The number of rotatable bonds is 3. The highest BCUT2D eigenvalue weighted by molar-refractivity contribution is 8.13. The number of halogens is 2. The molecular formula is C14H11Cl2NO3S. The Morgan fingerprint density at radius 3 is 2.38 bits per heavy atom. The van der Waals surface area contributed by atoms with Crippen molar-refractivity contribution < 1.29 is 13.2 Å². The second-order valence-electron chi connectivity index (χ2n) is 4.35. The first-order valence-electron chi connectivity index (χ1n) is 5.90. The summed E-state index contributed by atoms with van der Waals surface area (Å²) in [6.45, 7) is 1.67. The highest BCUT2D eigenvalue weighted by Gasteiger charge is 2.14. The number of hydrogen-bond donors (Lipinski definition) is 1. The molecule has 0 unspecified atom stereocenters. The minimum absolute atomic E-state index is 0.0163. The zero-order chi connectivity index (χ0) is 15.6. The summed E-state index contributed by atoms with van der Waals surface area (Å²) >= 11 is 5.95. The van der Waals surface area contributed by atoms with Crippen molar-refractivity contribution in [1.29, 1.82) is 0 Å². The van der Waals surface area contributed by atoms with E-state index in [-0.39, 0.29) is 10.8 Å². The van der Waals surface area contributed by atoms with Crippen molar-refractivity contribution in [3.8, 4) is 0 Å².